The van der Waals surface area contributed by atoms with E-state index in [1.54, 1.807) is 14.2 Å². The fourth-order valence-electron chi connectivity index (χ4n) is 7.16. The zero-order chi connectivity index (χ0) is 22.2. The number of hydrogen-bond donors (Lipinski definition) is 1. The smallest absolute Gasteiger partial charge is 0.161 e. The molecule has 0 saturated heterocycles. The molecule has 5 rings (SSSR count). The number of hydrogen-bond acceptors (Lipinski definition) is 3. The van der Waals surface area contributed by atoms with Gasteiger partial charge in [0.05, 0.1) is 14.2 Å². The van der Waals surface area contributed by atoms with Crippen LogP contribution in [0.2, 0.25) is 0 Å². The Balaban J connectivity index is 1.90. The minimum absolute atomic E-state index is 0.101. The van der Waals surface area contributed by atoms with E-state index in [4.69, 9.17) is 9.47 Å². The van der Waals surface area contributed by atoms with E-state index >= 15 is 0 Å². The Morgan fingerprint density at radius 2 is 1.32 bits per heavy atom. The van der Waals surface area contributed by atoms with E-state index < -0.39 is 0 Å². The van der Waals surface area contributed by atoms with Crippen LogP contribution in [0.5, 0.6) is 17.2 Å². The molecule has 3 heteroatoms. The summed E-state index contributed by atoms with van der Waals surface area (Å²) >= 11 is 0. The van der Waals surface area contributed by atoms with Gasteiger partial charge in [0.1, 0.15) is 5.75 Å². The normalized spacial score (nSPS) is 19.8. The summed E-state index contributed by atoms with van der Waals surface area (Å²) in [5, 5.41) is 13.0. The van der Waals surface area contributed by atoms with Crippen molar-refractivity contribution in [1.82, 2.24) is 0 Å². The standard InChI is InChI=1S/C28H32O3/c1-26(2)14-27(3,4)16-28(15-26)20-10-8-7-9-17(20)25-19-12-24(31-6)23(30-5)11-18(19)22(29)13-21(25)28/h7-13,29H,14-16H2,1-6H3. The average Bonchev–Trinajstić information content (AvgIpc) is 2.94. The van der Waals surface area contributed by atoms with Gasteiger partial charge in [-0.3, -0.25) is 0 Å². The number of phenolic OH excluding ortho intramolecular Hbond substituents is 1. The first-order valence-corrected chi connectivity index (χ1v) is 11.1. The molecule has 0 heterocycles. The second-order valence-corrected chi connectivity index (χ2v) is 11.1. The number of aromatic hydroxyl groups is 1. The predicted molar refractivity (Wildman–Crippen MR) is 126 cm³/mol. The van der Waals surface area contributed by atoms with Gasteiger partial charge >= 0.3 is 0 Å². The minimum atomic E-state index is -0.101. The molecule has 0 aromatic heterocycles. The molecule has 162 valence electrons. The van der Waals surface area contributed by atoms with Crippen molar-refractivity contribution >= 4 is 10.8 Å². The molecule has 0 radical (unpaired) electrons. The summed E-state index contributed by atoms with van der Waals surface area (Å²) in [7, 11) is 3.29. The molecular weight excluding hydrogens is 384 g/mol. The predicted octanol–water partition coefficient (Wildman–Crippen LogP) is 7.07. The van der Waals surface area contributed by atoms with Crippen LogP contribution in [0.1, 0.15) is 58.1 Å². The molecule has 0 aliphatic heterocycles. The van der Waals surface area contributed by atoms with Crippen molar-refractivity contribution in [2.75, 3.05) is 14.2 Å². The first-order chi connectivity index (χ1) is 14.6. The second-order valence-electron chi connectivity index (χ2n) is 11.1. The summed E-state index contributed by atoms with van der Waals surface area (Å²) in [4.78, 5) is 0. The molecule has 2 aliphatic rings. The molecule has 3 aromatic rings. The molecule has 3 aromatic carbocycles. The Kier molecular flexibility index (Phi) is 4.19. The quantitative estimate of drug-likeness (QED) is 0.486. The van der Waals surface area contributed by atoms with Crippen LogP contribution in [0.4, 0.5) is 0 Å². The van der Waals surface area contributed by atoms with Gasteiger partial charge < -0.3 is 14.6 Å². The van der Waals surface area contributed by atoms with Gasteiger partial charge in [-0.15, -0.1) is 0 Å². The van der Waals surface area contributed by atoms with Crippen molar-refractivity contribution in [2.24, 2.45) is 10.8 Å². The van der Waals surface area contributed by atoms with E-state index in [0.29, 0.717) is 17.2 Å². The minimum Gasteiger partial charge on any atom is -0.507 e. The Morgan fingerprint density at radius 3 is 1.94 bits per heavy atom. The van der Waals surface area contributed by atoms with Gasteiger partial charge in [-0.25, -0.2) is 0 Å². The van der Waals surface area contributed by atoms with E-state index in [-0.39, 0.29) is 16.2 Å². The monoisotopic (exact) mass is 416 g/mol. The van der Waals surface area contributed by atoms with Crippen molar-refractivity contribution in [3.8, 4) is 28.4 Å². The van der Waals surface area contributed by atoms with Crippen LogP contribution in [-0.2, 0) is 5.41 Å². The average molecular weight is 417 g/mol. The van der Waals surface area contributed by atoms with E-state index in [1.807, 2.05) is 18.2 Å². The van der Waals surface area contributed by atoms with Gasteiger partial charge in [0, 0.05) is 10.8 Å². The number of phenols is 1. The maximum atomic E-state index is 11.2. The van der Waals surface area contributed by atoms with Crippen molar-refractivity contribution in [3.63, 3.8) is 0 Å². The lowest BCUT2D eigenvalue weighted by molar-refractivity contribution is 0.0645. The van der Waals surface area contributed by atoms with Crippen molar-refractivity contribution in [1.29, 1.82) is 0 Å². The van der Waals surface area contributed by atoms with Gasteiger partial charge in [0.2, 0.25) is 0 Å². The lowest BCUT2D eigenvalue weighted by atomic mass is 9.52. The molecule has 0 unspecified atom stereocenters. The Hall–Kier alpha value is -2.68. The first-order valence-electron chi connectivity index (χ1n) is 11.1. The lowest BCUT2D eigenvalue weighted by Crippen LogP contribution is -2.43. The van der Waals surface area contributed by atoms with Crippen LogP contribution >= 0.6 is 0 Å². The van der Waals surface area contributed by atoms with Crippen molar-refractivity contribution in [2.45, 2.75) is 52.4 Å². The van der Waals surface area contributed by atoms with Gasteiger partial charge in [-0.1, -0.05) is 52.0 Å². The van der Waals surface area contributed by atoms with Crippen LogP contribution in [0.3, 0.4) is 0 Å². The van der Waals surface area contributed by atoms with Crippen LogP contribution in [-0.4, -0.2) is 19.3 Å². The van der Waals surface area contributed by atoms with Crippen LogP contribution in [0.15, 0.2) is 42.5 Å². The zero-order valence-corrected chi connectivity index (χ0v) is 19.4. The highest BCUT2D eigenvalue weighted by Gasteiger charge is 2.53. The Labute approximate surface area is 185 Å². The van der Waals surface area contributed by atoms with Gasteiger partial charge in [0.25, 0.3) is 0 Å². The number of methoxy groups -OCH3 is 2. The molecule has 31 heavy (non-hydrogen) atoms. The molecule has 1 N–H and O–H groups in total. The molecule has 1 spiro atoms. The summed E-state index contributed by atoms with van der Waals surface area (Å²) in [5.41, 5.74) is 5.48. The van der Waals surface area contributed by atoms with Crippen LogP contribution in [0.25, 0.3) is 21.9 Å². The summed E-state index contributed by atoms with van der Waals surface area (Å²) in [6.45, 7) is 9.58. The highest BCUT2D eigenvalue weighted by atomic mass is 16.5. The van der Waals surface area contributed by atoms with Crippen molar-refractivity contribution < 1.29 is 14.6 Å². The summed E-state index contributed by atoms with van der Waals surface area (Å²) in [5.74, 6) is 1.62. The molecule has 1 saturated carbocycles. The van der Waals surface area contributed by atoms with Crippen LogP contribution in [0, 0.1) is 10.8 Å². The summed E-state index contributed by atoms with van der Waals surface area (Å²) in [6, 6.07) is 14.8. The highest BCUT2D eigenvalue weighted by Crippen LogP contribution is 2.64. The fraction of sp³-hybridized carbons (Fsp3) is 0.429. The molecule has 3 nitrogen and oxygen atoms in total. The van der Waals surface area contributed by atoms with Gasteiger partial charge in [-0.2, -0.15) is 0 Å². The molecule has 0 amide bonds. The van der Waals surface area contributed by atoms with Crippen LogP contribution < -0.4 is 9.47 Å². The number of benzene rings is 3. The first kappa shape index (κ1) is 20.2. The third-order valence-corrected chi connectivity index (χ3v) is 7.36. The fourth-order valence-corrected chi connectivity index (χ4v) is 7.16. The molecule has 2 aliphatic carbocycles. The Morgan fingerprint density at radius 1 is 0.742 bits per heavy atom. The van der Waals surface area contributed by atoms with Gasteiger partial charge in [0.15, 0.2) is 11.5 Å². The molecule has 0 atom stereocenters. The number of ether oxygens (including phenoxy) is 2. The van der Waals surface area contributed by atoms with E-state index in [9.17, 15) is 5.11 Å². The SMILES string of the molecule is COc1cc2c(O)cc3c(c2cc1OC)-c1ccccc1C31CC(C)(C)CC(C)(C)C1. The molecule has 0 bridgehead atoms. The van der Waals surface area contributed by atoms with E-state index in [0.717, 1.165) is 23.6 Å². The highest BCUT2D eigenvalue weighted by molar-refractivity contribution is 6.06. The van der Waals surface area contributed by atoms with E-state index in [1.165, 1.54) is 28.7 Å². The topological polar surface area (TPSA) is 38.7 Å². The zero-order valence-electron chi connectivity index (χ0n) is 19.4. The third kappa shape index (κ3) is 2.86. The Bertz CT molecular complexity index is 1190. The second kappa shape index (κ2) is 6.41. The summed E-state index contributed by atoms with van der Waals surface area (Å²) in [6.07, 6.45) is 3.35. The van der Waals surface area contributed by atoms with E-state index in [2.05, 4.69) is 52.0 Å². The maximum Gasteiger partial charge on any atom is 0.161 e. The number of rotatable bonds is 2. The maximum absolute atomic E-state index is 11.2. The van der Waals surface area contributed by atoms with Crippen molar-refractivity contribution in [3.05, 3.63) is 53.6 Å². The largest absolute Gasteiger partial charge is 0.507 e. The number of fused-ring (bicyclic) bond motifs is 7. The third-order valence-electron chi connectivity index (χ3n) is 7.36. The lowest BCUT2D eigenvalue weighted by Gasteiger charge is -2.51. The molecule has 1 fully saturated rings. The summed E-state index contributed by atoms with van der Waals surface area (Å²) < 4.78 is 11.1. The van der Waals surface area contributed by atoms with Gasteiger partial charge in [-0.05, 0) is 75.9 Å². The molecular formula is C28H32O3.